The number of nitriles is 1. The summed E-state index contributed by atoms with van der Waals surface area (Å²) in [5.74, 6) is 0.557. The first-order valence-corrected chi connectivity index (χ1v) is 4.31. The molecule has 2 N–H and O–H groups in total. The quantitative estimate of drug-likeness (QED) is 0.259. The van der Waals surface area contributed by atoms with Gasteiger partial charge in [-0.05, 0) is 12.1 Å². The van der Waals surface area contributed by atoms with Crippen LogP contribution in [0.25, 0.3) is 0 Å². The number of guanidine groups is 1. The molecule has 5 heteroatoms. The van der Waals surface area contributed by atoms with Crippen molar-refractivity contribution in [3.63, 3.8) is 0 Å². The van der Waals surface area contributed by atoms with Crippen LogP contribution in [0, 0.1) is 11.5 Å². The summed E-state index contributed by atoms with van der Waals surface area (Å²) < 4.78 is 0. The molecule has 0 aromatic carbocycles. The van der Waals surface area contributed by atoms with Crippen molar-refractivity contribution in [2.45, 2.75) is 0 Å². The van der Waals surface area contributed by atoms with Gasteiger partial charge in [-0.1, -0.05) is 12.1 Å². The summed E-state index contributed by atoms with van der Waals surface area (Å²) in [6.45, 7) is 3.88. The molecule has 0 saturated carbocycles. The van der Waals surface area contributed by atoms with Crippen molar-refractivity contribution in [2.24, 2.45) is 10.7 Å². The summed E-state index contributed by atoms with van der Waals surface area (Å²) >= 11 is 0. The van der Waals surface area contributed by atoms with Gasteiger partial charge in [0.25, 0.3) is 0 Å². The van der Waals surface area contributed by atoms with Crippen molar-refractivity contribution in [1.82, 2.24) is 4.98 Å². The third-order valence-corrected chi connectivity index (χ3v) is 1.59. The van der Waals surface area contributed by atoms with Crippen LogP contribution in [0.3, 0.4) is 0 Å². The van der Waals surface area contributed by atoms with Gasteiger partial charge in [0.15, 0.2) is 6.19 Å². The normalized spacial score (nSPS) is 10.5. The zero-order chi connectivity index (χ0) is 11.1. The van der Waals surface area contributed by atoms with E-state index < -0.39 is 0 Å². The average Bonchev–Trinajstić information content (AvgIpc) is 2.29. The van der Waals surface area contributed by atoms with Gasteiger partial charge >= 0.3 is 0 Å². The summed E-state index contributed by atoms with van der Waals surface area (Å²) in [6.07, 6.45) is 5.09. The molecule has 1 heterocycles. The second-order valence-corrected chi connectivity index (χ2v) is 2.61. The fourth-order valence-electron chi connectivity index (χ4n) is 0.935. The summed E-state index contributed by atoms with van der Waals surface area (Å²) in [5.41, 5.74) is 5.61. The van der Waals surface area contributed by atoms with E-state index in [0.717, 1.165) is 4.90 Å². The van der Waals surface area contributed by atoms with Gasteiger partial charge in [0.2, 0.25) is 5.96 Å². The maximum atomic E-state index is 8.90. The predicted octanol–water partition coefficient (Wildman–Crippen LogP) is 0.870. The molecule has 0 unspecified atom stereocenters. The molecule has 0 amide bonds. The molecule has 15 heavy (non-hydrogen) atoms. The Hall–Kier alpha value is -2.35. The monoisotopic (exact) mass is 201 g/mol. The minimum Gasteiger partial charge on any atom is -0.369 e. The Morgan fingerprint density at radius 3 is 3.07 bits per heavy atom. The number of nitrogens with zero attached hydrogens (tertiary/aromatic N) is 4. The lowest BCUT2D eigenvalue weighted by Crippen LogP contribution is -2.34. The topological polar surface area (TPSA) is 78.3 Å². The minimum atomic E-state index is 0.108. The van der Waals surface area contributed by atoms with Gasteiger partial charge in [-0.3, -0.25) is 0 Å². The number of pyridine rings is 1. The maximum Gasteiger partial charge on any atom is 0.211 e. The van der Waals surface area contributed by atoms with E-state index in [4.69, 9.17) is 11.0 Å². The van der Waals surface area contributed by atoms with E-state index in [1.807, 2.05) is 6.19 Å². The number of hydrogen-bond donors (Lipinski definition) is 1. The van der Waals surface area contributed by atoms with Gasteiger partial charge < -0.3 is 5.73 Å². The molecule has 1 aromatic rings. The number of nitrogens with two attached hydrogens (primary N) is 1. The van der Waals surface area contributed by atoms with E-state index in [1.165, 1.54) is 0 Å². The van der Waals surface area contributed by atoms with Gasteiger partial charge in [-0.2, -0.15) is 10.2 Å². The van der Waals surface area contributed by atoms with Crippen LogP contribution in [0.5, 0.6) is 0 Å². The molecule has 0 aliphatic heterocycles. The van der Waals surface area contributed by atoms with Gasteiger partial charge in [0.05, 0.1) is 6.54 Å². The lowest BCUT2D eigenvalue weighted by molar-refractivity contribution is 1.14. The summed E-state index contributed by atoms with van der Waals surface area (Å²) in [4.78, 5) is 9.08. The minimum absolute atomic E-state index is 0.108. The highest BCUT2D eigenvalue weighted by molar-refractivity contribution is 5.96. The van der Waals surface area contributed by atoms with Crippen LogP contribution in [-0.4, -0.2) is 17.5 Å². The number of aliphatic imine (C=N–C) groups is 1. The Kier molecular flexibility index (Phi) is 3.86. The summed E-state index contributed by atoms with van der Waals surface area (Å²) in [6, 6.07) is 5.21. The Bertz CT molecular complexity index is 390. The van der Waals surface area contributed by atoms with Crippen molar-refractivity contribution in [3.05, 3.63) is 37.1 Å². The molecule has 0 radical (unpaired) electrons. The van der Waals surface area contributed by atoms with Gasteiger partial charge in [0.1, 0.15) is 5.82 Å². The van der Waals surface area contributed by atoms with Crippen LogP contribution in [0.15, 0.2) is 42.0 Å². The van der Waals surface area contributed by atoms with E-state index in [2.05, 4.69) is 16.6 Å². The molecule has 0 bridgehead atoms. The Morgan fingerprint density at radius 1 is 1.73 bits per heavy atom. The third kappa shape index (κ3) is 2.81. The van der Waals surface area contributed by atoms with E-state index in [9.17, 15) is 0 Å². The van der Waals surface area contributed by atoms with E-state index >= 15 is 0 Å². The fraction of sp³-hybridized carbons (Fsp3) is 0.100. The fourth-order valence-corrected chi connectivity index (χ4v) is 0.935. The highest BCUT2D eigenvalue weighted by Crippen LogP contribution is 2.06. The summed E-state index contributed by atoms with van der Waals surface area (Å²) in [7, 11) is 0. The molecule has 76 valence electrons. The smallest absolute Gasteiger partial charge is 0.211 e. The molecule has 0 saturated heterocycles. The zero-order valence-corrected chi connectivity index (χ0v) is 8.17. The molecule has 5 nitrogen and oxygen atoms in total. The Morgan fingerprint density at radius 2 is 2.53 bits per heavy atom. The van der Waals surface area contributed by atoms with E-state index in [1.54, 1.807) is 30.5 Å². The molecule has 1 rings (SSSR count). The third-order valence-electron chi connectivity index (χ3n) is 1.59. The van der Waals surface area contributed by atoms with Crippen LogP contribution in [-0.2, 0) is 0 Å². The molecule has 0 spiro atoms. The lowest BCUT2D eigenvalue weighted by Gasteiger charge is -2.12. The second-order valence-electron chi connectivity index (χ2n) is 2.61. The summed E-state index contributed by atoms with van der Waals surface area (Å²) in [5, 5.41) is 8.90. The molecular formula is C10H11N5. The Balaban J connectivity index is 2.91. The number of rotatable bonds is 3. The SMILES string of the molecule is C=CCN=C(N)N(C#N)c1ccccn1. The van der Waals surface area contributed by atoms with Crippen molar-refractivity contribution in [3.8, 4) is 6.19 Å². The van der Waals surface area contributed by atoms with Crippen molar-refractivity contribution in [2.75, 3.05) is 11.4 Å². The van der Waals surface area contributed by atoms with Gasteiger partial charge in [-0.15, -0.1) is 6.58 Å². The van der Waals surface area contributed by atoms with Gasteiger partial charge in [-0.25, -0.2) is 9.98 Å². The lowest BCUT2D eigenvalue weighted by atomic mass is 10.4. The number of anilines is 1. The molecule has 0 aliphatic rings. The highest BCUT2D eigenvalue weighted by Gasteiger charge is 2.09. The van der Waals surface area contributed by atoms with Crippen LogP contribution in [0.1, 0.15) is 0 Å². The second kappa shape index (κ2) is 5.40. The number of aromatic nitrogens is 1. The van der Waals surface area contributed by atoms with E-state index in [-0.39, 0.29) is 5.96 Å². The Labute approximate surface area is 88.2 Å². The largest absolute Gasteiger partial charge is 0.369 e. The first-order valence-electron chi connectivity index (χ1n) is 4.31. The van der Waals surface area contributed by atoms with Crippen molar-refractivity contribution >= 4 is 11.8 Å². The van der Waals surface area contributed by atoms with Crippen LogP contribution >= 0.6 is 0 Å². The molecule has 1 aromatic heterocycles. The van der Waals surface area contributed by atoms with Crippen LogP contribution < -0.4 is 10.6 Å². The molecular weight excluding hydrogens is 190 g/mol. The predicted molar refractivity (Wildman–Crippen MR) is 59.0 cm³/mol. The number of hydrogen-bond acceptors (Lipinski definition) is 3. The van der Waals surface area contributed by atoms with Crippen LogP contribution in [0.2, 0.25) is 0 Å². The van der Waals surface area contributed by atoms with E-state index in [0.29, 0.717) is 12.4 Å². The molecule has 0 aliphatic carbocycles. The maximum absolute atomic E-state index is 8.90. The van der Waals surface area contributed by atoms with Crippen molar-refractivity contribution < 1.29 is 0 Å². The zero-order valence-electron chi connectivity index (χ0n) is 8.17. The average molecular weight is 201 g/mol. The first-order chi connectivity index (χ1) is 7.29. The van der Waals surface area contributed by atoms with Crippen LogP contribution in [0.4, 0.5) is 5.82 Å². The molecule has 0 fully saturated rings. The van der Waals surface area contributed by atoms with Gasteiger partial charge in [0, 0.05) is 6.20 Å². The highest BCUT2D eigenvalue weighted by atomic mass is 15.3. The van der Waals surface area contributed by atoms with Crippen molar-refractivity contribution in [1.29, 1.82) is 5.26 Å². The molecule has 0 atom stereocenters. The standard InChI is InChI=1S/C10H11N5/c1-2-6-14-10(12)15(8-11)9-5-3-4-7-13-9/h2-5,7H,1,6H2,(H2,12,14). The first kappa shape index (κ1) is 10.7.